The molecule has 11 heteroatoms. The minimum atomic E-state index is -3.77. The number of halogens is 2. The molecule has 0 unspecified atom stereocenters. The zero-order valence-corrected chi connectivity index (χ0v) is 16.6. The lowest BCUT2D eigenvalue weighted by Gasteiger charge is -2.34. The number of nitrogens with one attached hydrogen (secondary N) is 1. The fraction of sp³-hybridized carbons (Fsp3) is 0.235. The first-order valence-electron chi connectivity index (χ1n) is 8.07. The number of anilines is 1. The van der Waals surface area contributed by atoms with E-state index in [2.05, 4.69) is 15.3 Å². The first-order chi connectivity index (χ1) is 13.0. The second-order valence-electron chi connectivity index (χ2n) is 6.45. The van der Waals surface area contributed by atoms with Gasteiger partial charge in [0.05, 0.1) is 10.8 Å². The highest BCUT2D eigenvalue weighted by Crippen LogP contribution is 2.34. The number of carbonyl (C=O) groups is 1. The van der Waals surface area contributed by atoms with Crippen molar-refractivity contribution in [1.29, 1.82) is 0 Å². The van der Waals surface area contributed by atoms with Gasteiger partial charge in [0.1, 0.15) is 17.1 Å². The molecule has 28 heavy (non-hydrogen) atoms. The first kappa shape index (κ1) is 20.0. The molecule has 1 aliphatic rings. The van der Waals surface area contributed by atoms with E-state index in [0.717, 1.165) is 10.4 Å². The molecule has 3 rings (SSSR count). The van der Waals surface area contributed by atoms with Gasteiger partial charge in [0.25, 0.3) is 5.91 Å². The smallest absolute Gasteiger partial charge is 0.275 e. The number of aromatic nitrogens is 1. The number of guanidine groups is 1. The van der Waals surface area contributed by atoms with E-state index in [1.807, 2.05) is 0 Å². The van der Waals surface area contributed by atoms with Gasteiger partial charge in [-0.25, -0.2) is 27.1 Å². The van der Waals surface area contributed by atoms with E-state index in [0.29, 0.717) is 0 Å². The number of hydrogen-bond donors (Lipinski definition) is 2. The molecule has 1 atom stereocenters. The Bertz CT molecular complexity index is 1090. The number of amides is 1. The van der Waals surface area contributed by atoms with Crippen molar-refractivity contribution in [1.82, 2.24) is 9.29 Å². The van der Waals surface area contributed by atoms with Gasteiger partial charge in [0.15, 0.2) is 0 Å². The summed E-state index contributed by atoms with van der Waals surface area (Å²) in [6.45, 7) is 1.46. The van der Waals surface area contributed by atoms with Crippen molar-refractivity contribution < 1.29 is 17.6 Å². The molecule has 1 amide bonds. The normalized spacial score (nSPS) is 21.1. The van der Waals surface area contributed by atoms with Crippen molar-refractivity contribution in [3.63, 3.8) is 0 Å². The van der Waals surface area contributed by atoms with Crippen LogP contribution in [0.3, 0.4) is 0 Å². The second kappa shape index (κ2) is 7.02. The number of hydrogen-bond acceptors (Lipinski definition) is 6. The van der Waals surface area contributed by atoms with E-state index in [1.54, 1.807) is 6.07 Å². The Hall–Kier alpha value is -2.72. The highest BCUT2D eigenvalue weighted by molar-refractivity contribution is 7.89. The molecule has 0 spiro atoms. The SMILES string of the molecule is CN1C(N)=N[C@](C)(c2cc(NC(=O)c3ncccc3Cl)ccc2F)CS1(=O)=O. The highest BCUT2D eigenvalue weighted by atomic mass is 35.5. The standard InChI is InChI=1S/C17H17ClFN5O3S/c1-17(9-28(26,27)24(2)16(20)23-17)11-8-10(5-6-13(11)19)22-15(25)14-12(18)4-3-7-21-14/h3-8H,9H2,1-2H3,(H2,20,23)(H,22,25)/t17-/m0/s1. The van der Waals surface area contributed by atoms with Crippen LogP contribution in [-0.4, -0.2) is 42.4 Å². The third kappa shape index (κ3) is 3.65. The number of carbonyl (C=O) groups excluding carboxylic acids is 1. The summed E-state index contributed by atoms with van der Waals surface area (Å²) < 4.78 is 40.0. The van der Waals surface area contributed by atoms with E-state index in [4.69, 9.17) is 17.3 Å². The molecule has 0 aliphatic carbocycles. The summed E-state index contributed by atoms with van der Waals surface area (Å²) in [4.78, 5) is 20.5. The number of benzene rings is 1. The van der Waals surface area contributed by atoms with Gasteiger partial charge in [-0.15, -0.1) is 0 Å². The van der Waals surface area contributed by atoms with Crippen LogP contribution in [0.15, 0.2) is 41.5 Å². The van der Waals surface area contributed by atoms with Gasteiger partial charge in [-0.2, -0.15) is 0 Å². The van der Waals surface area contributed by atoms with Crippen LogP contribution in [0.5, 0.6) is 0 Å². The third-order valence-electron chi connectivity index (χ3n) is 4.34. The van der Waals surface area contributed by atoms with Crippen molar-refractivity contribution in [3.8, 4) is 0 Å². The Morgan fingerprint density at radius 1 is 1.39 bits per heavy atom. The Morgan fingerprint density at radius 3 is 2.75 bits per heavy atom. The van der Waals surface area contributed by atoms with Crippen LogP contribution in [0.2, 0.25) is 5.02 Å². The third-order valence-corrected chi connectivity index (χ3v) is 6.60. The van der Waals surface area contributed by atoms with Crippen molar-refractivity contribution in [2.24, 2.45) is 10.7 Å². The maximum absolute atomic E-state index is 14.5. The second-order valence-corrected chi connectivity index (χ2v) is 8.86. The number of sulfonamides is 1. The van der Waals surface area contributed by atoms with E-state index in [-0.39, 0.29) is 27.9 Å². The van der Waals surface area contributed by atoms with Crippen LogP contribution < -0.4 is 11.1 Å². The molecule has 0 fully saturated rings. The Morgan fingerprint density at radius 2 is 2.11 bits per heavy atom. The van der Waals surface area contributed by atoms with Crippen molar-refractivity contribution in [2.45, 2.75) is 12.5 Å². The van der Waals surface area contributed by atoms with E-state index < -0.39 is 33.0 Å². The lowest BCUT2D eigenvalue weighted by Crippen LogP contribution is -2.50. The van der Waals surface area contributed by atoms with Crippen LogP contribution in [0.25, 0.3) is 0 Å². The van der Waals surface area contributed by atoms with E-state index in [9.17, 15) is 17.6 Å². The molecule has 0 radical (unpaired) electrons. The number of aliphatic imine (C=N–C) groups is 1. The molecule has 1 aromatic carbocycles. The van der Waals surface area contributed by atoms with Crippen LogP contribution in [0.4, 0.5) is 10.1 Å². The zero-order chi connectivity index (χ0) is 20.7. The molecule has 3 N–H and O–H groups in total. The Balaban J connectivity index is 1.99. The molecule has 1 aromatic heterocycles. The monoisotopic (exact) mass is 425 g/mol. The average molecular weight is 426 g/mol. The van der Waals surface area contributed by atoms with Crippen molar-refractivity contribution >= 4 is 39.2 Å². The molecule has 0 saturated heterocycles. The summed E-state index contributed by atoms with van der Waals surface area (Å²) in [5.41, 5.74) is 4.47. The average Bonchev–Trinajstić information content (AvgIpc) is 2.61. The van der Waals surface area contributed by atoms with Gasteiger partial charge in [0, 0.05) is 24.5 Å². The summed E-state index contributed by atoms with van der Waals surface area (Å²) >= 11 is 5.96. The zero-order valence-electron chi connectivity index (χ0n) is 15.0. The lowest BCUT2D eigenvalue weighted by molar-refractivity contribution is 0.102. The summed E-state index contributed by atoms with van der Waals surface area (Å²) in [6, 6.07) is 6.88. The lowest BCUT2D eigenvalue weighted by atomic mass is 9.93. The van der Waals surface area contributed by atoms with Crippen LogP contribution in [-0.2, 0) is 15.6 Å². The van der Waals surface area contributed by atoms with Gasteiger partial charge in [-0.3, -0.25) is 4.79 Å². The molecule has 0 saturated carbocycles. The number of pyridine rings is 1. The molecule has 1 aliphatic heterocycles. The van der Waals surface area contributed by atoms with E-state index >= 15 is 0 Å². The van der Waals surface area contributed by atoms with Crippen LogP contribution >= 0.6 is 11.6 Å². The predicted molar refractivity (Wildman–Crippen MR) is 104 cm³/mol. The minimum Gasteiger partial charge on any atom is -0.369 e. The van der Waals surface area contributed by atoms with Crippen LogP contribution in [0.1, 0.15) is 23.0 Å². The van der Waals surface area contributed by atoms with Gasteiger partial charge < -0.3 is 11.1 Å². The first-order valence-corrected chi connectivity index (χ1v) is 10.1. The Kier molecular flexibility index (Phi) is 5.02. The van der Waals surface area contributed by atoms with Gasteiger partial charge >= 0.3 is 0 Å². The maximum atomic E-state index is 14.5. The largest absolute Gasteiger partial charge is 0.369 e. The minimum absolute atomic E-state index is 0.00499. The molecule has 0 bridgehead atoms. The summed E-state index contributed by atoms with van der Waals surface area (Å²) in [5, 5.41) is 2.73. The quantitative estimate of drug-likeness (QED) is 0.779. The fourth-order valence-electron chi connectivity index (χ4n) is 2.85. The highest BCUT2D eigenvalue weighted by Gasteiger charge is 2.41. The molecular weight excluding hydrogens is 409 g/mol. The fourth-order valence-corrected chi connectivity index (χ4v) is 4.50. The molecule has 2 aromatic rings. The molecule has 2 heterocycles. The number of nitrogens with zero attached hydrogens (tertiary/aromatic N) is 3. The Labute approximate surface area is 166 Å². The number of nitrogens with two attached hydrogens (primary N) is 1. The van der Waals surface area contributed by atoms with Crippen molar-refractivity contribution in [3.05, 3.63) is 58.6 Å². The number of rotatable bonds is 3. The summed E-state index contributed by atoms with van der Waals surface area (Å²) in [6.07, 6.45) is 1.42. The van der Waals surface area contributed by atoms with Gasteiger partial charge in [-0.05, 0) is 37.3 Å². The topological polar surface area (TPSA) is 118 Å². The van der Waals surface area contributed by atoms with Gasteiger partial charge in [0.2, 0.25) is 16.0 Å². The predicted octanol–water partition coefficient (Wildman–Crippen LogP) is 1.93. The summed E-state index contributed by atoms with van der Waals surface area (Å²) in [5.74, 6) is -1.99. The van der Waals surface area contributed by atoms with Crippen LogP contribution in [0, 0.1) is 5.82 Å². The van der Waals surface area contributed by atoms with Crippen molar-refractivity contribution in [2.75, 3.05) is 18.1 Å². The molecule has 8 nitrogen and oxygen atoms in total. The summed E-state index contributed by atoms with van der Waals surface area (Å²) in [7, 11) is -2.50. The van der Waals surface area contributed by atoms with Gasteiger partial charge in [-0.1, -0.05) is 11.6 Å². The maximum Gasteiger partial charge on any atom is 0.275 e. The van der Waals surface area contributed by atoms with E-state index in [1.165, 1.54) is 38.4 Å². The molecule has 148 valence electrons. The molecular formula is C17H17ClFN5O3S.